The molecule has 0 unspecified atom stereocenters. The lowest BCUT2D eigenvalue weighted by molar-refractivity contribution is 0.251. The smallest absolute Gasteiger partial charge is 0.319 e. The Hall–Kier alpha value is -2.01. The Morgan fingerprint density at radius 1 is 1.20 bits per heavy atom. The number of para-hydroxylation sites is 1. The number of aromatic nitrogens is 2. The lowest BCUT2D eigenvalue weighted by Crippen LogP contribution is -2.28. The normalized spacial score (nSPS) is 17.6. The third kappa shape index (κ3) is 3.82. The molecule has 0 spiro atoms. The van der Waals surface area contributed by atoms with Crippen molar-refractivity contribution in [2.24, 2.45) is 0 Å². The second-order valence-corrected chi connectivity index (χ2v) is 7.41. The molecule has 0 radical (unpaired) electrons. The Bertz CT molecular complexity index is 763. The molecule has 2 N–H and O–H groups in total. The number of carbonyl (C=O) groups is 1. The zero-order valence-corrected chi connectivity index (χ0v) is 14.9. The highest BCUT2D eigenvalue weighted by atomic mass is 35.5. The van der Waals surface area contributed by atoms with E-state index in [1.165, 1.54) is 44.2 Å². The number of amides is 2. The maximum Gasteiger partial charge on any atom is 0.319 e. The van der Waals surface area contributed by atoms with Crippen LogP contribution in [-0.4, -0.2) is 15.8 Å². The summed E-state index contributed by atoms with van der Waals surface area (Å²) in [5, 5.41) is 11.0. The second kappa shape index (κ2) is 7.08. The molecule has 2 aromatic rings. The van der Waals surface area contributed by atoms with Crippen molar-refractivity contribution in [3.63, 3.8) is 0 Å². The molecule has 0 aliphatic heterocycles. The Labute approximate surface area is 152 Å². The topological polar surface area (TPSA) is 59.0 Å². The van der Waals surface area contributed by atoms with E-state index in [2.05, 4.69) is 21.4 Å². The van der Waals surface area contributed by atoms with Gasteiger partial charge in [0.2, 0.25) is 0 Å². The Kier molecular flexibility index (Phi) is 4.66. The van der Waals surface area contributed by atoms with Crippen LogP contribution in [0, 0.1) is 0 Å². The zero-order valence-electron chi connectivity index (χ0n) is 14.2. The van der Waals surface area contributed by atoms with Gasteiger partial charge in [0, 0.05) is 11.6 Å². The van der Waals surface area contributed by atoms with Crippen LogP contribution in [0.4, 0.5) is 10.5 Å². The van der Waals surface area contributed by atoms with Crippen LogP contribution in [0.3, 0.4) is 0 Å². The number of benzene rings is 1. The number of nitrogens with zero attached hydrogens (tertiary/aromatic N) is 2. The van der Waals surface area contributed by atoms with E-state index in [0.29, 0.717) is 29.2 Å². The van der Waals surface area contributed by atoms with Crippen molar-refractivity contribution in [1.29, 1.82) is 0 Å². The van der Waals surface area contributed by atoms with Crippen molar-refractivity contribution >= 4 is 23.3 Å². The van der Waals surface area contributed by atoms with Crippen molar-refractivity contribution in [2.75, 3.05) is 5.32 Å². The van der Waals surface area contributed by atoms with Crippen molar-refractivity contribution < 1.29 is 4.79 Å². The number of hydrogen-bond donors (Lipinski definition) is 2. The molecule has 2 saturated carbocycles. The van der Waals surface area contributed by atoms with Gasteiger partial charge >= 0.3 is 6.03 Å². The van der Waals surface area contributed by atoms with Crippen molar-refractivity contribution in [1.82, 2.24) is 15.1 Å². The van der Waals surface area contributed by atoms with Gasteiger partial charge in [-0.25, -0.2) is 4.79 Å². The van der Waals surface area contributed by atoms with Gasteiger partial charge in [0.15, 0.2) is 0 Å². The molecule has 1 heterocycles. The van der Waals surface area contributed by atoms with Crippen LogP contribution >= 0.6 is 11.6 Å². The molecule has 2 amide bonds. The predicted octanol–water partition coefficient (Wildman–Crippen LogP) is 4.85. The molecule has 0 saturated heterocycles. The Morgan fingerprint density at radius 2 is 1.96 bits per heavy atom. The number of rotatable bonds is 5. The SMILES string of the molecule is O=C(NCc1cc(C2CC2)n(C2CCCC2)n1)Nc1ccccc1Cl. The monoisotopic (exact) mass is 358 g/mol. The molecule has 5 nitrogen and oxygen atoms in total. The maximum atomic E-state index is 12.1. The highest BCUT2D eigenvalue weighted by molar-refractivity contribution is 6.33. The molecule has 4 rings (SSSR count). The van der Waals surface area contributed by atoms with Gasteiger partial charge in [-0.15, -0.1) is 0 Å². The third-order valence-corrected chi connectivity index (χ3v) is 5.36. The van der Waals surface area contributed by atoms with E-state index in [0.717, 1.165) is 5.69 Å². The van der Waals surface area contributed by atoms with Crippen LogP contribution < -0.4 is 10.6 Å². The first-order chi connectivity index (χ1) is 12.2. The van der Waals surface area contributed by atoms with E-state index in [4.69, 9.17) is 16.7 Å². The first kappa shape index (κ1) is 16.5. The molecule has 2 aliphatic rings. The van der Waals surface area contributed by atoms with Gasteiger partial charge in [-0.2, -0.15) is 5.10 Å². The summed E-state index contributed by atoms with van der Waals surface area (Å²) in [6.45, 7) is 0.426. The summed E-state index contributed by atoms with van der Waals surface area (Å²) in [4.78, 5) is 12.1. The van der Waals surface area contributed by atoms with Crippen LogP contribution in [0.1, 0.15) is 61.9 Å². The highest BCUT2D eigenvalue weighted by Gasteiger charge is 2.31. The third-order valence-electron chi connectivity index (χ3n) is 5.03. The van der Waals surface area contributed by atoms with E-state index < -0.39 is 0 Å². The minimum Gasteiger partial charge on any atom is -0.332 e. The lowest BCUT2D eigenvalue weighted by Gasteiger charge is -2.13. The van der Waals surface area contributed by atoms with E-state index >= 15 is 0 Å². The molecule has 6 heteroatoms. The summed E-state index contributed by atoms with van der Waals surface area (Å²) in [6.07, 6.45) is 7.56. The summed E-state index contributed by atoms with van der Waals surface area (Å²) < 4.78 is 2.24. The largest absolute Gasteiger partial charge is 0.332 e. The first-order valence-corrected chi connectivity index (χ1v) is 9.46. The fraction of sp³-hybridized carbons (Fsp3) is 0.474. The summed E-state index contributed by atoms with van der Waals surface area (Å²) in [5.41, 5.74) is 2.90. The molecule has 132 valence electrons. The lowest BCUT2D eigenvalue weighted by atomic mass is 10.2. The van der Waals surface area contributed by atoms with Crippen molar-refractivity contribution in [3.05, 3.63) is 46.7 Å². The number of anilines is 1. The van der Waals surface area contributed by atoms with Gasteiger partial charge < -0.3 is 10.6 Å². The van der Waals surface area contributed by atoms with Gasteiger partial charge in [-0.05, 0) is 43.9 Å². The average molecular weight is 359 g/mol. The van der Waals surface area contributed by atoms with E-state index in [1.807, 2.05) is 12.1 Å². The van der Waals surface area contributed by atoms with Gasteiger partial charge in [-0.1, -0.05) is 36.6 Å². The van der Waals surface area contributed by atoms with Gasteiger partial charge in [0.1, 0.15) is 0 Å². The molecular weight excluding hydrogens is 336 g/mol. The van der Waals surface area contributed by atoms with E-state index in [-0.39, 0.29) is 6.03 Å². The zero-order chi connectivity index (χ0) is 17.2. The van der Waals surface area contributed by atoms with E-state index in [1.54, 1.807) is 12.1 Å². The van der Waals surface area contributed by atoms with Gasteiger partial charge in [0.25, 0.3) is 0 Å². The molecule has 2 fully saturated rings. The van der Waals surface area contributed by atoms with Crippen LogP contribution in [0.15, 0.2) is 30.3 Å². The molecular formula is C19H23ClN4O. The van der Waals surface area contributed by atoms with Crippen LogP contribution in [0.2, 0.25) is 5.02 Å². The Morgan fingerprint density at radius 3 is 2.68 bits per heavy atom. The van der Waals surface area contributed by atoms with Crippen LogP contribution in [0.25, 0.3) is 0 Å². The summed E-state index contributed by atoms with van der Waals surface area (Å²) in [7, 11) is 0. The summed E-state index contributed by atoms with van der Waals surface area (Å²) >= 11 is 6.07. The van der Waals surface area contributed by atoms with Crippen LogP contribution in [-0.2, 0) is 6.54 Å². The summed E-state index contributed by atoms with van der Waals surface area (Å²) in [5.74, 6) is 0.666. The van der Waals surface area contributed by atoms with E-state index in [9.17, 15) is 4.79 Å². The average Bonchev–Trinajstić information content (AvgIpc) is 3.14. The molecule has 1 aromatic carbocycles. The fourth-order valence-electron chi connectivity index (χ4n) is 3.57. The number of urea groups is 1. The summed E-state index contributed by atoms with van der Waals surface area (Å²) in [6, 6.07) is 9.65. The molecule has 25 heavy (non-hydrogen) atoms. The maximum absolute atomic E-state index is 12.1. The molecule has 2 aliphatic carbocycles. The molecule has 1 aromatic heterocycles. The second-order valence-electron chi connectivity index (χ2n) is 7.01. The quantitative estimate of drug-likeness (QED) is 0.802. The minimum absolute atomic E-state index is 0.267. The fourth-order valence-corrected chi connectivity index (χ4v) is 3.76. The predicted molar refractivity (Wildman–Crippen MR) is 99.0 cm³/mol. The molecule has 0 atom stereocenters. The number of nitrogens with one attached hydrogen (secondary N) is 2. The number of hydrogen-bond acceptors (Lipinski definition) is 2. The number of carbonyl (C=O) groups excluding carboxylic acids is 1. The van der Waals surface area contributed by atoms with Gasteiger partial charge in [0.05, 0.1) is 29.0 Å². The number of halogens is 1. The minimum atomic E-state index is -0.267. The highest BCUT2D eigenvalue weighted by Crippen LogP contribution is 2.43. The standard InChI is InChI=1S/C19H23ClN4O/c20-16-7-3-4-8-17(16)22-19(25)21-12-14-11-18(13-9-10-13)24(23-14)15-5-1-2-6-15/h3-4,7-8,11,13,15H,1-2,5-6,9-10,12H2,(H2,21,22,25). The first-order valence-electron chi connectivity index (χ1n) is 9.08. The van der Waals surface area contributed by atoms with Gasteiger partial charge in [-0.3, -0.25) is 4.68 Å². The van der Waals surface area contributed by atoms with Crippen molar-refractivity contribution in [2.45, 2.75) is 57.0 Å². The Balaban J connectivity index is 1.40. The molecule has 0 bridgehead atoms. The van der Waals surface area contributed by atoms with Crippen molar-refractivity contribution in [3.8, 4) is 0 Å². The van der Waals surface area contributed by atoms with Crippen LogP contribution in [0.5, 0.6) is 0 Å².